The predicted octanol–water partition coefficient (Wildman–Crippen LogP) is 1.97. The number of carbonyl (C=O) groups is 1. The Morgan fingerprint density at radius 1 is 1.32 bits per heavy atom. The average Bonchev–Trinajstić information content (AvgIpc) is 2.33. The maximum absolute atomic E-state index is 11.7. The van der Waals surface area contributed by atoms with Crippen LogP contribution in [0, 0.1) is 0 Å². The van der Waals surface area contributed by atoms with Gasteiger partial charge in [-0.25, -0.2) is 4.79 Å². The maximum atomic E-state index is 11.7. The molecule has 2 N–H and O–H groups in total. The number of ether oxygens (including phenoxy) is 3. The smallest absolute Gasteiger partial charge is 0.495 e. The van der Waals surface area contributed by atoms with Gasteiger partial charge in [-0.3, -0.25) is 4.74 Å². The molecule has 0 aliphatic rings. The van der Waals surface area contributed by atoms with Crippen molar-refractivity contribution in [1.29, 1.82) is 0 Å². The highest BCUT2D eigenvalue weighted by Gasteiger charge is 2.28. The molecule has 0 unspecified atom stereocenters. The molecule has 106 valence electrons. The Hall–Kier alpha value is -1.96. The van der Waals surface area contributed by atoms with Gasteiger partial charge in [-0.15, -0.1) is 13.2 Å². The quantitative estimate of drug-likeness (QED) is 0.507. The number of benzene rings is 1. The van der Waals surface area contributed by atoms with Crippen LogP contribution in [0.25, 0.3) is 0 Å². The van der Waals surface area contributed by atoms with Crippen molar-refractivity contribution in [2.45, 2.75) is 6.36 Å². The zero-order chi connectivity index (χ0) is 14.5. The molecular formula is C11H12F3NO4. The molecule has 0 heterocycles. The monoisotopic (exact) mass is 279 g/mol. The van der Waals surface area contributed by atoms with Crippen LogP contribution in [0.1, 0.15) is 10.4 Å². The van der Waals surface area contributed by atoms with Crippen molar-refractivity contribution in [1.82, 2.24) is 0 Å². The first-order chi connectivity index (χ1) is 8.85. The Morgan fingerprint density at radius 3 is 2.58 bits per heavy atom. The largest absolute Gasteiger partial charge is 0.522 e. The third-order valence-electron chi connectivity index (χ3n) is 2.09. The van der Waals surface area contributed by atoms with E-state index in [1.807, 2.05) is 0 Å². The van der Waals surface area contributed by atoms with Gasteiger partial charge in [0.1, 0.15) is 12.4 Å². The number of hydrogen-bond donors (Lipinski definition) is 1. The fraction of sp³-hybridized carbons (Fsp3) is 0.364. The summed E-state index contributed by atoms with van der Waals surface area (Å²) >= 11 is 0. The number of halogens is 3. The van der Waals surface area contributed by atoms with E-state index in [1.165, 1.54) is 19.2 Å². The Balaban J connectivity index is 2.55. The van der Waals surface area contributed by atoms with Gasteiger partial charge in [0.2, 0.25) is 0 Å². The van der Waals surface area contributed by atoms with Crippen molar-refractivity contribution in [3.8, 4) is 5.75 Å². The SMILES string of the molecule is COc1cccc(C(=O)OCCOC(F)(F)F)c1N. The highest BCUT2D eigenvalue weighted by atomic mass is 19.4. The normalized spacial score (nSPS) is 11.2. The Bertz CT molecular complexity index is 448. The van der Waals surface area contributed by atoms with Crippen molar-refractivity contribution in [2.75, 3.05) is 26.1 Å². The number of methoxy groups -OCH3 is 1. The fourth-order valence-electron chi connectivity index (χ4n) is 1.27. The minimum absolute atomic E-state index is 0.0198. The van der Waals surface area contributed by atoms with Crippen LogP contribution in [0.2, 0.25) is 0 Å². The Labute approximate surface area is 107 Å². The fourth-order valence-corrected chi connectivity index (χ4v) is 1.27. The van der Waals surface area contributed by atoms with Gasteiger partial charge in [0, 0.05) is 0 Å². The van der Waals surface area contributed by atoms with Crippen LogP contribution in [-0.2, 0) is 9.47 Å². The second-order valence-corrected chi connectivity index (χ2v) is 3.35. The predicted molar refractivity (Wildman–Crippen MR) is 59.7 cm³/mol. The first-order valence-corrected chi connectivity index (χ1v) is 5.15. The molecule has 1 rings (SSSR count). The van der Waals surface area contributed by atoms with Gasteiger partial charge in [-0.2, -0.15) is 0 Å². The zero-order valence-electron chi connectivity index (χ0n) is 9.99. The van der Waals surface area contributed by atoms with Crippen molar-refractivity contribution in [3.63, 3.8) is 0 Å². The molecule has 0 aliphatic carbocycles. The number of alkyl halides is 3. The highest BCUT2D eigenvalue weighted by molar-refractivity contribution is 5.96. The maximum Gasteiger partial charge on any atom is 0.522 e. The summed E-state index contributed by atoms with van der Waals surface area (Å²) in [6.07, 6.45) is -4.75. The number of nitrogen functional groups attached to an aromatic ring is 1. The van der Waals surface area contributed by atoms with Crippen LogP contribution >= 0.6 is 0 Å². The van der Waals surface area contributed by atoms with Gasteiger partial charge in [-0.1, -0.05) is 6.07 Å². The molecule has 0 spiro atoms. The van der Waals surface area contributed by atoms with Crippen molar-refractivity contribution < 1.29 is 32.2 Å². The molecule has 8 heteroatoms. The van der Waals surface area contributed by atoms with Crippen LogP contribution in [0.15, 0.2) is 18.2 Å². The van der Waals surface area contributed by atoms with Gasteiger partial charge in [-0.05, 0) is 12.1 Å². The molecule has 19 heavy (non-hydrogen) atoms. The van der Waals surface area contributed by atoms with E-state index in [0.717, 1.165) is 0 Å². The first kappa shape index (κ1) is 15.1. The Morgan fingerprint density at radius 2 is 2.00 bits per heavy atom. The van der Waals surface area contributed by atoms with Crippen LogP contribution in [0.4, 0.5) is 18.9 Å². The summed E-state index contributed by atoms with van der Waals surface area (Å²) in [7, 11) is 1.37. The molecule has 1 aromatic rings. The molecule has 0 bridgehead atoms. The lowest BCUT2D eigenvalue weighted by Crippen LogP contribution is -2.19. The first-order valence-electron chi connectivity index (χ1n) is 5.15. The molecule has 0 fully saturated rings. The van der Waals surface area contributed by atoms with Crippen LogP contribution in [-0.4, -0.2) is 32.7 Å². The molecule has 0 atom stereocenters. The van der Waals surface area contributed by atoms with Gasteiger partial charge in [0.25, 0.3) is 0 Å². The van der Waals surface area contributed by atoms with E-state index in [-0.39, 0.29) is 17.0 Å². The van der Waals surface area contributed by atoms with E-state index in [2.05, 4.69) is 9.47 Å². The molecule has 0 saturated carbocycles. The molecule has 1 aromatic carbocycles. The standard InChI is InChI=1S/C11H12F3NO4/c1-17-8-4-2-3-7(9(8)15)10(16)18-5-6-19-11(12,13)14/h2-4H,5-6,15H2,1H3. The number of esters is 1. The minimum Gasteiger partial charge on any atom is -0.495 e. The molecule has 0 amide bonds. The van der Waals surface area contributed by atoms with Gasteiger partial charge >= 0.3 is 12.3 Å². The number of hydrogen-bond acceptors (Lipinski definition) is 5. The second-order valence-electron chi connectivity index (χ2n) is 3.35. The minimum atomic E-state index is -4.75. The lowest BCUT2D eigenvalue weighted by Gasteiger charge is -2.10. The molecule has 5 nitrogen and oxygen atoms in total. The van der Waals surface area contributed by atoms with E-state index in [9.17, 15) is 18.0 Å². The number of anilines is 1. The number of carbonyl (C=O) groups excluding carboxylic acids is 1. The number of nitrogens with two attached hydrogens (primary N) is 1. The topological polar surface area (TPSA) is 70.8 Å². The molecule has 0 aliphatic heterocycles. The molecular weight excluding hydrogens is 267 g/mol. The highest BCUT2D eigenvalue weighted by Crippen LogP contribution is 2.25. The zero-order valence-corrected chi connectivity index (χ0v) is 9.99. The average molecular weight is 279 g/mol. The summed E-state index contributed by atoms with van der Waals surface area (Å²) in [6.45, 7) is -1.31. The van der Waals surface area contributed by atoms with Crippen LogP contribution < -0.4 is 10.5 Å². The van der Waals surface area contributed by atoms with E-state index in [4.69, 9.17) is 10.5 Å². The Kier molecular flexibility index (Phi) is 4.99. The molecule has 0 radical (unpaired) electrons. The summed E-state index contributed by atoms with van der Waals surface area (Å²) in [5.41, 5.74) is 5.71. The molecule has 0 saturated heterocycles. The van der Waals surface area contributed by atoms with Crippen molar-refractivity contribution in [3.05, 3.63) is 23.8 Å². The third kappa shape index (κ3) is 4.66. The third-order valence-corrected chi connectivity index (χ3v) is 2.09. The van der Waals surface area contributed by atoms with Gasteiger partial charge in [0.05, 0.1) is 25.0 Å². The lowest BCUT2D eigenvalue weighted by molar-refractivity contribution is -0.326. The summed E-state index contributed by atoms with van der Waals surface area (Å²) in [5.74, 6) is -0.567. The summed E-state index contributed by atoms with van der Waals surface area (Å²) in [4.78, 5) is 11.6. The van der Waals surface area contributed by atoms with E-state index in [0.29, 0.717) is 0 Å². The van der Waals surface area contributed by atoms with E-state index < -0.39 is 25.5 Å². The number of para-hydroxylation sites is 1. The number of rotatable bonds is 5. The van der Waals surface area contributed by atoms with Gasteiger partial charge in [0.15, 0.2) is 0 Å². The van der Waals surface area contributed by atoms with E-state index in [1.54, 1.807) is 6.07 Å². The van der Waals surface area contributed by atoms with Crippen molar-refractivity contribution >= 4 is 11.7 Å². The van der Waals surface area contributed by atoms with Crippen LogP contribution in [0.3, 0.4) is 0 Å². The van der Waals surface area contributed by atoms with Crippen LogP contribution in [0.5, 0.6) is 5.75 Å². The molecule has 0 aromatic heterocycles. The summed E-state index contributed by atoms with van der Waals surface area (Å²) in [6, 6.07) is 4.43. The summed E-state index contributed by atoms with van der Waals surface area (Å²) in [5, 5.41) is 0. The second kappa shape index (κ2) is 6.28. The lowest BCUT2D eigenvalue weighted by atomic mass is 10.1. The summed E-state index contributed by atoms with van der Waals surface area (Å²) < 4.78 is 48.0. The van der Waals surface area contributed by atoms with Crippen molar-refractivity contribution in [2.24, 2.45) is 0 Å². The van der Waals surface area contributed by atoms with Gasteiger partial charge < -0.3 is 15.2 Å². The van der Waals surface area contributed by atoms with E-state index >= 15 is 0 Å².